The van der Waals surface area contributed by atoms with Gasteiger partial charge in [-0.05, 0) is 113 Å². The van der Waals surface area contributed by atoms with Crippen molar-refractivity contribution in [2.75, 3.05) is 0 Å². The van der Waals surface area contributed by atoms with Gasteiger partial charge in [0.25, 0.3) is 0 Å². The minimum atomic E-state index is -2.85. The van der Waals surface area contributed by atoms with E-state index in [-0.39, 0.29) is 0 Å². The van der Waals surface area contributed by atoms with Gasteiger partial charge in [-0.1, -0.05) is 212 Å². The molecule has 0 amide bonds. The molecule has 0 saturated carbocycles. The van der Waals surface area contributed by atoms with Gasteiger partial charge in [0.1, 0.15) is 0 Å². The van der Waals surface area contributed by atoms with E-state index in [1.807, 2.05) is 0 Å². The molecule has 10 aromatic carbocycles. The Morgan fingerprint density at radius 3 is 1.08 bits per heavy atom. The van der Waals surface area contributed by atoms with E-state index >= 15 is 0 Å². The highest BCUT2D eigenvalue weighted by Gasteiger charge is 2.49. The van der Waals surface area contributed by atoms with Gasteiger partial charge < -0.3 is 4.57 Å². The third kappa shape index (κ3) is 5.76. The van der Waals surface area contributed by atoms with E-state index in [9.17, 15) is 0 Å². The van der Waals surface area contributed by atoms with Crippen molar-refractivity contribution in [1.29, 1.82) is 0 Å². The van der Waals surface area contributed by atoms with Gasteiger partial charge in [0.05, 0.1) is 11.0 Å². The normalized spacial score (nSPS) is 12.6. The number of fused-ring (bicyclic) bond motifs is 6. The standard InChI is InChI=1S/C60H41NSi/c1-6-16-42(17-7-1)45-26-28-46(29-27-45)49-30-34-53-54-35-33-50(41-60(54)62(59(53)40-49,51-22-12-4-13-23-51)52-24-14-5-15-25-52)61-57-36-31-47(43-18-8-2-9-19-43)38-55(57)56-39-48(32-37-58(56)61)44-20-10-3-11-21-44/h1-41H. The van der Waals surface area contributed by atoms with Crippen LogP contribution in [0, 0.1) is 0 Å². The maximum atomic E-state index is 2.55. The summed E-state index contributed by atoms with van der Waals surface area (Å²) in [6, 6.07) is 92.5. The van der Waals surface area contributed by atoms with E-state index in [2.05, 4.69) is 253 Å². The lowest BCUT2D eigenvalue weighted by Gasteiger charge is -2.32. The van der Waals surface area contributed by atoms with Crippen LogP contribution in [0.2, 0.25) is 0 Å². The Morgan fingerprint density at radius 2 is 0.597 bits per heavy atom. The summed E-state index contributed by atoms with van der Waals surface area (Å²) in [4.78, 5) is 0. The van der Waals surface area contributed by atoms with Crippen LogP contribution in [-0.2, 0) is 0 Å². The fourth-order valence-electron chi connectivity index (χ4n) is 10.2. The number of aromatic nitrogens is 1. The zero-order valence-corrected chi connectivity index (χ0v) is 35.1. The molecule has 12 rings (SSSR count). The first-order valence-electron chi connectivity index (χ1n) is 21.5. The van der Waals surface area contributed by atoms with Crippen molar-refractivity contribution in [3.8, 4) is 61.3 Å². The molecule has 0 aliphatic carbocycles. The molecule has 0 N–H and O–H groups in total. The van der Waals surface area contributed by atoms with Gasteiger partial charge in [-0.15, -0.1) is 0 Å². The van der Waals surface area contributed by atoms with E-state index in [0.717, 1.165) is 0 Å². The Hall–Kier alpha value is -7.78. The summed E-state index contributed by atoms with van der Waals surface area (Å²) in [5.41, 5.74) is 16.0. The Morgan fingerprint density at radius 1 is 0.258 bits per heavy atom. The summed E-state index contributed by atoms with van der Waals surface area (Å²) in [7, 11) is -2.85. The van der Waals surface area contributed by atoms with Crippen LogP contribution in [0.25, 0.3) is 83.1 Å². The second-order valence-corrected chi connectivity index (χ2v) is 20.2. The molecule has 62 heavy (non-hydrogen) atoms. The number of nitrogens with zero attached hydrogens (tertiary/aromatic N) is 1. The summed E-state index contributed by atoms with van der Waals surface area (Å²) in [6.07, 6.45) is 0. The van der Waals surface area contributed by atoms with E-state index in [0.29, 0.717) is 0 Å². The predicted octanol–water partition coefficient (Wildman–Crippen LogP) is 12.8. The monoisotopic (exact) mass is 803 g/mol. The molecule has 0 radical (unpaired) electrons. The van der Waals surface area contributed by atoms with E-state index in [1.54, 1.807) is 0 Å². The largest absolute Gasteiger partial charge is 0.309 e. The molecule has 0 saturated heterocycles. The topological polar surface area (TPSA) is 4.93 Å². The fourth-order valence-corrected chi connectivity index (χ4v) is 15.4. The highest BCUT2D eigenvalue weighted by Crippen LogP contribution is 2.39. The summed E-state index contributed by atoms with van der Waals surface area (Å²) in [5.74, 6) is 0. The van der Waals surface area contributed by atoms with Crippen LogP contribution < -0.4 is 20.7 Å². The lowest BCUT2D eigenvalue weighted by Crippen LogP contribution is -2.72. The molecule has 0 fully saturated rings. The average molecular weight is 804 g/mol. The molecule has 2 heteroatoms. The van der Waals surface area contributed by atoms with Gasteiger partial charge in [-0.2, -0.15) is 0 Å². The molecular weight excluding hydrogens is 763 g/mol. The Kier molecular flexibility index (Phi) is 8.58. The summed E-state index contributed by atoms with van der Waals surface area (Å²) < 4.78 is 2.51. The average Bonchev–Trinajstić information content (AvgIpc) is 3.84. The zero-order valence-electron chi connectivity index (χ0n) is 34.1. The predicted molar refractivity (Wildman–Crippen MR) is 265 cm³/mol. The van der Waals surface area contributed by atoms with E-state index < -0.39 is 8.07 Å². The third-order valence-corrected chi connectivity index (χ3v) is 17.9. The molecule has 0 spiro atoms. The fraction of sp³-hybridized carbons (Fsp3) is 0. The van der Waals surface area contributed by atoms with Crippen molar-refractivity contribution >= 4 is 50.6 Å². The minimum Gasteiger partial charge on any atom is -0.309 e. The zero-order chi connectivity index (χ0) is 41.0. The highest BCUT2D eigenvalue weighted by atomic mass is 28.3. The quantitative estimate of drug-likeness (QED) is 0.141. The first kappa shape index (κ1) is 36.1. The van der Waals surface area contributed by atoms with Crippen molar-refractivity contribution in [3.05, 3.63) is 249 Å². The van der Waals surface area contributed by atoms with Gasteiger partial charge in [0.2, 0.25) is 0 Å². The van der Waals surface area contributed by atoms with Crippen LogP contribution in [-0.4, -0.2) is 12.6 Å². The molecular formula is C60H41NSi. The second-order valence-electron chi connectivity index (χ2n) is 16.4. The molecule has 0 atom stereocenters. The van der Waals surface area contributed by atoms with Crippen molar-refractivity contribution < 1.29 is 0 Å². The second kappa shape index (κ2) is 14.7. The van der Waals surface area contributed by atoms with Crippen molar-refractivity contribution in [1.82, 2.24) is 4.57 Å². The van der Waals surface area contributed by atoms with Crippen LogP contribution in [0.4, 0.5) is 0 Å². The third-order valence-electron chi connectivity index (χ3n) is 13.1. The number of benzene rings is 10. The molecule has 1 nitrogen and oxygen atoms in total. The lowest BCUT2D eigenvalue weighted by molar-refractivity contribution is 1.18. The maximum absolute atomic E-state index is 2.85. The molecule has 2 heterocycles. The number of hydrogen-bond acceptors (Lipinski definition) is 0. The molecule has 1 aliphatic heterocycles. The van der Waals surface area contributed by atoms with Crippen LogP contribution in [0.1, 0.15) is 0 Å². The SMILES string of the molecule is c1ccc(-c2ccc(-c3ccc4c(c3)[Si](c3ccccc3)(c3ccccc3)c3cc(-n5c6ccc(-c7ccccc7)cc6c6cc(-c7ccccc7)ccc65)ccc3-4)cc2)cc1. The number of hydrogen-bond donors (Lipinski definition) is 0. The molecule has 1 aliphatic rings. The first-order chi connectivity index (χ1) is 30.7. The van der Waals surface area contributed by atoms with Gasteiger partial charge in [-0.3, -0.25) is 0 Å². The smallest absolute Gasteiger partial charge is 0.180 e. The summed E-state index contributed by atoms with van der Waals surface area (Å²) in [6.45, 7) is 0. The molecule has 0 bridgehead atoms. The van der Waals surface area contributed by atoms with Gasteiger partial charge >= 0.3 is 0 Å². The van der Waals surface area contributed by atoms with Crippen LogP contribution in [0.5, 0.6) is 0 Å². The molecule has 11 aromatic rings. The van der Waals surface area contributed by atoms with E-state index in [1.165, 1.54) is 104 Å². The molecule has 0 unspecified atom stereocenters. The summed E-state index contributed by atoms with van der Waals surface area (Å²) in [5, 5.41) is 8.15. The van der Waals surface area contributed by atoms with Gasteiger partial charge in [0, 0.05) is 16.5 Å². The van der Waals surface area contributed by atoms with Crippen LogP contribution >= 0.6 is 0 Å². The first-order valence-corrected chi connectivity index (χ1v) is 23.5. The summed E-state index contributed by atoms with van der Waals surface area (Å²) >= 11 is 0. The minimum absolute atomic E-state index is 1.18. The molecule has 1 aromatic heterocycles. The Balaban J connectivity index is 1.09. The number of rotatable bonds is 7. The van der Waals surface area contributed by atoms with E-state index in [4.69, 9.17) is 0 Å². The Bertz CT molecular complexity index is 3270. The van der Waals surface area contributed by atoms with Crippen LogP contribution in [0.3, 0.4) is 0 Å². The van der Waals surface area contributed by atoms with Crippen molar-refractivity contribution in [2.45, 2.75) is 0 Å². The van der Waals surface area contributed by atoms with Crippen molar-refractivity contribution in [3.63, 3.8) is 0 Å². The van der Waals surface area contributed by atoms with Crippen molar-refractivity contribution in [2.24, 2.45) is 0 Å². The Labute approximate surface area is 363 Å². The van der Waals surface area contributed by atoms with Crippen LogP contribution in [0.15, 0.2) is 249 Å². The van der Waals surface area contributed by atoms with Gasteiger partial charge in [0.15, 0.2) is 8.07 Å². The lowest BCUT2D eigenvalue weighted by atomic mass is 9.98. The van der Waals surface area contributed by atoms with Gasteiger partial charge in [-0.25, -0.2) is 0 Å². The highest BCUT2D eigenvalue weighted by molar-refractivity contribution is 7.22. The maximum Gasteiger partial charge on any atom is 0.180 e. The molecule has 290 valence electrons.